The van der Waals surface area contributed by atoms with Gasteiger partial charge in [0, 0.05) is 30.3 Å². The van der Waals surface area contributed by atoms with Crippen LogP contribution >= 0.6 is 0 Å². The molecule has 0 N–H and O–H groups in total. The molecule has 9 nitrogen and oxygen atoms in total. The lowest BCUT2D eigenvalue weighted by molar-refractivity contribution is -0.384. The summed E-state index contributed by atoms with van der Waals surface area (Å²) in [4.78, 5) is 25.2. The van der Waals surface area contributed by atoms with E-state index in [-0.39, 0.29) is 29.3 Å². The van der Waals surface area contributed by atoms with E-state index in [1.165, 1.54) is 43.4 Å². The topological polar surface area (TPSA) is 116 Å². The first-order chi connectivity index (χ1) is 14.2. The van der Waals surface area contributed by atoms with Crippen molar-refractivity contribution in [1.29, 1.82) is 0 Å². The number of carbonyl (C=O) groups excluding carboxylic acids is 1. The zero-order valence-corrected chi connectivity index (χ0v) is 17.4. The van der Waals surface area contributed by atoms with Crippen molar-refractivity contribution in [3.63, 3.8) is 0 Å². The smallest absolute Gasteiger partial charge is 0.270 e. The molecule has 0 aromatic heterocycles. The van der Waals surface area contributed by atoms with E-state index in [9.17, 15) is 23.3 Å². The van der Waals surface area contributed by atoms with E-state index in [4.69, 9.17) is 9.47 Å². The van der Waals surface area contributed by atoms with Crippen LogP contribution in [0.4, 0.5) is 5.69 Å². The van der Waals surface area contributed by atoms with Crippen LogP contribution in [-0.4, -0.2) is 55.9 Å². The van der Waals surface area contributed by atoms with Crippen LogP contribution in [0.1, 0.15) is 22.3 Å². The highest BCUT2D eigenvalue weighted by Crippen LogP contribution is 2.30. The van der Waals surface area contributed by atoms with Crippen molar-refractivity contribution in [2.75, 3.05) is 25.7 Å². The van der Waals surface area contributed by atoms with Gasteiger partial charge in [-0.25, -0.2) is 8.42 Å². The Morgan fingerprint density at radius 3 is 2.50 bits per heavy atom. The average Bonchev–Trinajstić information content (AvgIpc) is 3.10. The van der Waals surface area contributed by atoms with Gasteiger partial charge in [0.2, 0.25) is 0 Å². The van der Waals surface area contributed by atoms with Gasteiger partial charge in [-0.05, 0) is 30.2 Å². The summed E-state index contributed by atoms with van der Waals surface area (Å²) in [6.07, 6.45) is 0.316. The SMILES string of the molecule is COc1ccc(CN(C(=O)c2cccc([N+](=O)[O-])c2)C2CCS(=O)(=O)C2)cc1OC. The molecule has 0 saturated carbocycles. The molecule has 1 fully saturated rings. The Morgan fingerprint density at radius 2 is 1.90 bits per heavy atom. The summed E-state index contributed by atoms with van der Waals surface area (Å²) >= 11 is 0. The molecular formula is C20H22N2O7S. The number of hydrogen-bond donors (Lipinski definition) is 0. The van der Waals surface area contributed by atoms with Gasteiger partial charge in [-0.3, -0.25) is 14.9 Å². The minimum atomic E-state index is -3.24. The third kappa shape index (κ3) is 4.70. The number of rotatable bonds is 7. The largest absolute Gasteiger partial charge is 0.493 e. The van der Waals surface area contributed by atoms with Crippen molar-refractivity contribution in [3.8, 4) is 11.5 Å². The number of nitro benzene ring substituents is 1. The maximum Gasteiger partial charge on any atom is 0.270 e. The van der Waals surface area contributed by atoms with Crippen LogP contribution in [0, 0.1) is 10.1 Å². The van der Waals surface area contributed by atoms with Crippen molar-refractivity contribution >= 4 is 21.4 Å². The normalized spacial score (nSPS) is 17.3. The lowest BCUT2D eigenvalue weighted by atomic mass is 10.1. The summed E-state index contributed by atoms with van der Waals surface area (Å²) in [5, 5.41) is 11.1. The minimum absolute atomic E-state index is 0.00230. The summed E-state index contributed by atoms with van der Waals surface area (Å²) in [7, 11) is -0.230. The van der Waals surface area contributed by atoms with Crippen LogP contribution in [-0.2, 0) is 16.4 Å². The van der Waals surface area contributed by atoms with Gasteiger partial charge >= 0.3 is 0 Å². The Labute approximate surface area is 174 Å². The zero-order chi connectivity index (χ0) is 21.9. The second-order valence-corrected chi connectivity index (χ2v) is 9.22. The lowest BCUT2D eigenvalue weighted by Crippen LogP contribution is -2.40. The third-order valence-electron chi connectivity index (χ3n) is 5.01. The number of carbonyl (C=O) groups is 1. The molecule has 1 unspecified atom stereocenters. The van der Waals surface area contributed by atoms with E-state index in [2.05, 4.69) is 0 Å². The van der Waals surface area contributed by atoms with Crippen molar-refractivity contribution in [2.45, 2.75) is 19.0 Å². The van der Waals surface area contributed by atoms with Gasteiger partial charge in [0.25, 0.3) is 11.6 Å². The Morgan fingerprint density at radius 1 is 1.17 bits per heavy atom. The van der Waals surface area contributed by atoms with Crippen LogP contribution in [0.3, 0.4) is 0 Å². The predicted molar refractivity (Wildman–Crippen MR) is 110 cm³/mol. The van der Waals surface area contributed by atoms with Crippen molar-refractivity contribution < 1.29 is 27.6 Å². The minimum Gasteiger partial charge on any atom is -0.493 e. The monoisotopic (exact) mass is 434 g/mol. The lowest BCUT2D eigenvalue weighted by Gasteiger charge is -2.29. The molecule has 0 aliphatic carbocycles. The maximum atomic E-state index is 13.3. The number of hydrogen-bond acceptors (Lipinski definition) is 7. The zero-order valence-electron chi connectivity index (χ0n) is 16.6. The Bertz CT molecular complexity index is 1070. The first-order valence-corrected chi connectivity index (χ1v) is 11.0. The second-order valence-electron chi connectivity index (χ2n) is 6.99. The van der Waals surface area contributed by atoms with Gasteiger partial charge in [-0.1, -0.05) is 12.1 Å². The Balaban J connectivity index is 1.96. The predicted octanol–water partition coefficient (Wildman–Crippen LogP) is 2.44. The van der Waals surface area contributed by atoms with Gasteiger partial charge in [0.1, 0.15) is 0 Å². The van der Waals surface area contributed by atoms with E-state index in [0.29, 0.717) is 17.9 Å². The molecule has 160 valence electrons. The molecule has 2 aromatic carbocycles. The number of nitrogens with zero attached hydrogens (tertiary/aromatic N) is 2. The molecule has 0 bridgehead atoms. The van der Waals surface area contributed by atoms with Gasteiger partial charge in [0.05, 0.1) is 30.6 Å². The van der Waals surface area contributed by atoms with Crippen LogP contribution in [0.25, 0.3) is 0 Å². The number of benzene rings is 2. The van der Waals surface area contributed by atoms with Gasteiger partial charge < -0.3 is 14.4 Å². The summed E-state index contributed by atoms with van der Waals surface area (Å²) in [5.41, 5.74) is 0.649. The molecule has 10 heteroatoms. The third-order valence-corrected chi connectivity index (χ3v) is 6.77. The molecule has 1 saturated heterocycles. The highest BCUT2D eigenvalue weighted by molar-refractivity contribution is 7.91. The molecule has 3 rings (SSSR count). The highest BCUT2D eigenvalue weighted by atomic mass is 32.2. The first kappa shape index (κ1) is 21.6. The fourth-order valence-corrected chi connectivity index (χ4v) is 5.21. The number of sulfone groups is 1. The van der Waals surface area contributed by atoms with Gasteiger partial charge in [-0.15, -0.1) is 0 Å². The van der Waals surface area contributed by atoms with Gasteiger partial charge in [0.15, 0.2) is 21.3 Å². The number of methoxy groups -OCH3 is 2. The molecule has 1 aliphatic heterocycles. The Kier molecular flexibility index (Phi) is 6.25. The van der Waals surface area contributed by atoms with E-state index in [1.807, 2.05) is 0 Å². The first-order valence-electron chi connectivity index (χ1n) is 9.21. The molecule has 1 amide bonds. The molecule has 1 heterocycles. The number of non-ortho nitro benzene ring substituents is 1. The standard InChI is InChI=1S/C20H22N2O7S/c1-28-18-7-6-14(10-19(18)29-2)12-21(17-8-9-30(26,27)13-17)20(23)15-4-3-5-16(11-15)22(24)25/h3-7,10-11,17H,8-9,12-13H2,1-2H3. The average molecular weight is 434 g/mol. The van der Waals surface area contributed by atoms with E-state index in [0.717, 1.165) is 5.56 Å². The van der Waals surface area contributed by atoms with E-state index < -0.39 is 26.7 Å². The molecular weight excluding hydrogens is 412 g/mol. The molecule has 1 atom stereocenters. The maximum absolute atomic E-state index is 13.3. The summed E-state index contributed by atoms with van der Waals surface area (Å²) in [6.45, 7) is 0.127. The van der Waals surface area contributed by atoms with E-state index >= 15 is 0 Å². The summed E-state index contributed by atoms with van der Waals surface area (Å²) in [5.74, 6) is 0.414. The fourth-order valence-electron chi connectivity index (χ4n) is 3.48. The number of ether oxygens (including phenoxy) is 2. The van der Waals surface area contributed by atoms with Crippen LogP contribution in [0.15, 0.2) is 42.5 Å². The van der Waals surface area contributed by atoms with Crippen LogP contribution in [0.2, 0.25) is 0 Å². The van der Waals surface area contributed by atoms with Crippen molar-refractivity contribution in [1.82, 2.24) is 4.90 Å². The highest BCUT2D eigenvalue weighted by Gasteiger charge is 2.35. The summed E-state index contributed by atoms with van der Waals surface area (Å²) < 4.78 is 34.6. The number of amides is 1. The number of nitro groups is 1. The van der Waals surface area contributed by atoms with Crippen LogP contribution in [0.5, 0.6) is 11.5 Å². The Hall–Kier alpha value is -3.14. The van der Waals surface area contributed by atoms with E-state index in [1.54, 1.807) is 18.2 Å². The fraction of sp³-hybridized carbons (Fsp3) is 0.350. The summed E-state index contributed by atoms with van der Waals surface area (Å²) in [6, 6.07) is 10.1. The van der Waals surface area contributed by atoms with Gasteiger partial charge in [-0.2, -0.15) is 0 Å². The second kappa shape index (κ2) is 8.70. The molecule has 2 aromatic rings. The molecule has 30 heavy (non-hydrogen) atoms. The molecule has 0 spiro atoms. The van der Waals surface area contributed by atoms with Crippen LogP contribution < -0.4 is 9.47 Å². The van der Waals surface area contributed by atoms with Crippen molar-refractivity contribution in [3.05, 3.63) is 63.7 Å². The molecule has 1 aliphatic rings. The molecule has 0 radical (unpaired) electrons. The quantitative estimate of drug-likeness (QED) is 0.485. The van der Waals surface area contributed by atoms with Crippen molar-refractivity contribution in [2.24, 2.45) is 0 Å².